The minimum Gasteiger partial charge on any atom is -0.467 e. The van der Waals surface area contributed by atoms with Gasteiger partial charge in [0.05, 0.1) is 17.8 Å². The first-order chi connectivity index (χ1) is 13.6. The van der Waals surface area contributed by atoms with Crippen LogP contribution < -0.4 is 9.88 Å². The lowest BCUT2D eigenvalue weighted by Gasteiger charge is -2.15. The van der Waals surface area contributed by atoms with Gasteiger partial charge in [0.2, 0.25) is 5.78 Å². The molecular formula is C22H22ClN2O2S+. The van der Waals surface area contributed by atoms with Gasteiger partial charge in [-0.3, -0.25) is 4.79 Å². The van der Waals surface area contributed by atoms with Crippen LogP contribution in [0.2, 0.25) is 5.02 Å². The number of nitrogens with one attached hydrogen (secondary N) is 1. The number of aryl methyl sites for hydroxylation is 1. The van der Waals surface area contributed by atoms with Gasteiger partial charge in [-0.2, -0.15) is 4.57 Å². The van der Waals surface area contributed by atoms with Crippen molar-refractivity contribution < 1.29 is 13.8 Å². The molecule has 2 heterocycles. The first-order valence-corrected chi connectivity index (χ1v) is 9.97. The van der Waals surface area contributed by atoms with Crippen molar-refractivity contribution >= 4 is 34.6 Å². The lowest BCUT2D eigenvalue weighted by atomic mass is 10.0. The Morgan fingerprint density at radius 3 is 2.57 bits per heavy atom. The number of rotatable bonds is 8. The van der Waals surface area contributed by atoms with E-state index in [1.807, 2.05) is 41.2 Å². The molecule has 0 radical (unpaired) electrons. The standard InChI is InChI=1S/C22H21ClN2O2S/c1-2-6-16-10-12-25(13-11-16)20(21(26)18-8-3-4-9-19(18)23)22(28)24-15-17-7-5-14-27-17/h3-5,7-14,20H,2,6,15H2,1H3/p+1/t20-/m0/s1. The molecule has 28 heavy (non-hydrogen) atoms. The maximum atomic E-state index is 13.3. The minimum absolute atomic E-state index is 0.157. The van der Waals surface area contributed by atoms with Crippen molar-refractivity contribution in [3.63, 3.8) is 0 Å². The van der Waals surface area contributed by atoms with Crippen molar-refractivity contribution in [1.29, 1.82) is 0 Å². The molecule has 2 aromatic heterocycles. The van der Waals surface area contributed by atoms with Gasteiger partial charge in [-0.25, -0.2) is 0 Å². The van der Waals surface area contributed by atoms with Crippen molar-refractivity contribution in [2.75, 3.05) is 0 Å². The molecule has 0 aliphatic rings. The van der Waals surface area contributed by atoms with E-state index in [1.54, 1.807) is 30.5 Å². The number of halogens is 1. The molecular weight excluding hydrogens is 392 g/mol. The van der Waals surface area contributed by atoms with Crippen LogP contribution in [-0.4, -0.2) is 10.8 Å². The highest BCUT2D eigenvalue weighted by Crippen LogP contribution is 2.20. The molecule has 0 spiro atoms. The number of nitrogens with zero attached hydrogens (tertiary/aromatic N) is 1. The van der Waals surface area contributed by atoms with E-state index in [-0.39, 0.29) is 5.78 Å². The van der Waals surface area contributed by atoms with Crippen molar-refractivity contribution in [1.82, 2.24) is 5.32 Å². The largest absolute Gasteiger partial charge is 0.467 e. The molecule has 1 N–H and O–H groups in total. The Kier molecular flexibility index (Phi) is 6.95. The second kappa shape index (κ2) is 9.62. The summed E-state index contributed by atoms with van der Waals surface area (Å²) < 4.78 is 7.16. The van der Waals surface area contributed by atoms with Gasteiger partial charge >= 0.3 is 0 Å². The van der Waals surface area contributed by atoms with Gasteiger partial charge in [-0.05, 0) is 36.2 Å². The maximum absolute atomic E-state index is 13.3. The highest BCUT2D eigenvalue weighted by Gasteiger charge is 2.34. The summed E-state index contributed by atoms with van der Waals surface area (Å²) in [7, 11) is 0. The molecule has 3 aromatic rings. The van der Waals surface area contributed by atoms with E-state index in [0.717, 1.165) is 18.6 Å². The topological polar surface area (TPSA) is 46.1 Å². The van der Waals surface area contributed by atoms with E-state index in [4.69, 9.17) is 28.2 Å². The van der Waals surface area contributed by atoms with E-state index in [2.05, 4.69) is 12.2 Å². The number of thiocarbonyl (C=S) groups is 1. The summed E-state index contributed by atoms with van der Waals surface area (Å²) in [5.41, 5.74) is 1.67. The second-order valence-electron chi connectivity index (χ2n) is 6.45. The number of hydrogen-bond donors (Lipinski definition) is 1. The van der Waals surface area contributed by atoms with Crippen LogP contribution in [0.3, 0.4) is 0 Å². The number of pyridine rings is 1. The normalized spacial score (nSPS) is 11.8. The molecule has 0 saturated heterocycles. The fourth-order valence-electron chi connectivity index (χ4n) is 2.98. The molecule has 0 aliphatic heterocycles. The van der Waals surface area contributed by atoms with Gasteiger partial charge in [-0.15, -0.1) is 0 Å². The first kappa shape index (κ1) is 20.2. The smallest absolute Gasteiger partial charge is 0.270 e. The Hall–Kier alpha value is -2.50. The van der Waals surface area contributed by atoms with Crippen LogP contribution in [0.5, 0.6) is 0 Å². The van der Waals surface area contributed by atoms with Crippen molar-refractivity contribution in [2.24, 2.45) is 0 Å². The van der Waals surface area contributed by atoms with Crippen LogP contribution in [-0.2, 0) is 13.0 Å². The van der Waals surface area contributed by atoms with Gasteiger partial charge in [0.25, 0.3) is 6.04 Å². The number of ketones is 1. The van der Waals surface area contributed by atoms with Crippen LogP contribution in [0, 0.1) is 0 Å². The SMILES string of the molecule is CCCc1cc[n+]([C@@H](C(=O)c2ccccc2Cl)C(=S)NCc2ccco2)cc1. The lowest BCUT2D eigenvalue weighted by Crippen LogP contribution is -2.51. The van der Waals surface area contributed by atoms with E-state index in [9.17, 15) is 4.79 Å². The summed E-state index contributed by atoms with van der Waals surface area (Å²) in [6.45, 7) is 2.55. The molecule has 144 valence electrons. The molecule has 4 nitrogen and oxygen atoms in total. The summed E-state index contributed by atoms with van der Waals surface area (Å²) in [5.74, 6) is 0.588. The summed E-state index contributed by atoms with van der Waals surface area (Å²) in [6, 6.07) is 14.0. The predicted molar refractivity (Wildman–Crippen MR) is 114 cm³/mol. The van der Waals surface area contributed by atoms with Crippen LogP contribution in [0.1, 0.15) is 41.1 Å². The van der Waals surface area contributed by atoms with Crippen LogP contribution in [0.15, 0.2) is 71.6 Å². The summed E-state index contributed by atoms with van der Waals surface area (Å²) >= 11 is 11.9. The van der Waals surface area contributed by atoms with E-state index in [1.165, 1.54) is 5.56 Å². The average molecular weight is 414 g/mol. The monoisotopic (exact) mass is 413 g/mol. The van der Waals surface area contributed by atoms with Gasteiger partial charge in [-0.1, -0.05) is 49.3 Å². The van der Waals surface area contributed by atoms with Crippen LogP contribution in [0.25, 0.3) is 0 Å². The Morgan fingerprint density at radius 1 is 1.18 bits per heavy atom. The Bertz CT molecular complexity index is 939. The molecule has 0 aliphatic carbocycles. The Morgan fingerprint density at radius 2 is 1.93 bits per heavy atom. The number of Topliss-reactive ketones (excluding diaryl/α,β-unsaturated/α-hetero) is 1. The second-order valence-corrected chi connectivity index (χ2v) is 7.29. The Labute approximate surface area is 175 Å². The quantitative estimate of drug-likeness (QED) is 0.330. The third-order valence-electron chi connectivity index (χ3n) is 4.41. The zero-order chi connectivity index (χ0) is 19.9. The molecule has 1 atom stereocenters. The molecule has 6 heteroatoms. The van der Waals surface area contributed by atoms with Crippen molar-refractivity contribution in [2.45, 2.75) is 32.4 Å². The van der Waals surface area contributed by atoms with Gasteiger partial charge in [0.1, 0.15) is 5.76 Å². The maximum Gasteiger partial charge on any atom is 0.270 e. The third-order valence-corrected chi connectivity index (χ3v) is 5.11. The van der Waals surface area contributed by atoms with E-state index >= 15 is 0 Å². The molecule has 3 rings (SSSR count). The first-order valence-electron chi connectivity index (χ1n) is 9.18. The number of hydrogen-bond acceptors (Lipinski definition) is 3. The van der Waals surface area contributed by atoms with Crippen LogP contribution in [0.4, 0.5) is 0 Å². The molecule has 0 fully saturated rings. The van der Waals surface area contributed by atoms with Crippen molar-refractivity contribution in [3.05, 3.63) is 89.1 Å². The molecule has 0 amide bonds. The summed E-state index contributed by atoms with van der Waals surface area (Å²) in [4.78, 5) is 13.7. The average Bonchev–Trinajstić information content (AvgIpc) is 3.22. The van der Waals surface area contributed by atoms with Gasteiger partial charge < -0.3 is 9.73 Å². The number of benzene rings is 1. The minimum atomic E-state index is -0.694. The highest BCUT2D eigenvalue weighted by molar-refractivity contribution is 7.80. The fraction of sp³-hybridized carbons (Fsp3) is 0.227. The molecule has 0 unspecified atom stereocenters. The highest BCUT2D eigenvalue weighted by atomic mass is 35.5. The predicted octanol–water partition coefficient (Wildman–Crippen LogP) is 4.71. The number of carbonyl (C=O) groups is 1. The zero-order valence-electron chi connectivity index (χ0n) is 15.6. The van der Waals surface area contributed by atoms with Crippen LogP contribution >= 0.6 is 23.8 Å². The third kappa shape index (κ3) is 4.86. The summed E-state index contributed by atoms with van der Waals surface area (Å²) in [6.07, 6.45) is 7.45. The lowest BCUT2D eigenvalue weighted by molar-refractivity contribution is -0.692. The van der Waals surface area contributed by atoms with Gasteiger partial charge in [0, 0.05) is 17.7 Å². The number of furan rings is 1. The zero-order valence-corrected chi connectivity index (χ0v) is 17.2. The number of carbonyl (C=O) groups excluding carboxylic acids is 1. The van der Waals surface area contributed by atoms with E-state index < -0.39 is 6.04 Å². The Balaban J connectivity index is 1.89. The molecule has 1 aromatic carbocycles. The summed E-state index contributed by atoms with van der Waals surface area (Å²) in [5, 5.41) is 3.56. The fourth-order valence-corrected chi connectivity index (χ4v) is 3.51. The van der Waals surface area contributed by atoms with Gasteiger partial charge in [0.15, 0.2) is 17.4 Å². The molecule has 0 saturated carbocycles. The van der Waals surface area contributed by atoms with E-state index in [0.29, 0.717) is 22.1 Å². The molecule has 0 bridgehead atoms. The number of aromatic nitrogens is 1. The van der Waals surface area contributed by atoms with Crippen molar-refractivity contribution in [3.8, 4) is 0 Å².